The first-order chi connectivity index (χ1) is 14.9. The summed E-state index contributed by atoms with van der Waals surface area (Å²) in [5, 5.41) is 2.27. The summed E-state index contributed by atoms with van der Waals surface area (Å²) < 4.78 is 15.5. The van der Waals surface area contributed by atoms with Crippen molar-refractivity contribution >= 4 is 29.9 Å². The summed E-state index contributed by atoms with van der Waals surface area (Å²) in [5.41, 5.74) is 0.404. The van der Waals surface area contributed by atoms with Crippen LogP contribution in [0.25, 0.3) is 6.08 Å². The molecule has 0 spiro atoms. The van der Waals surface area contributed by atoms with Crippen LogP contribution in [0.15, 0.2) is 23.8 Å². The minimum atomic E-state index is -0.731. The second-order valence-electron chi connectivity index (χ2n) is 7.29. The molecule has 1 saturated heterocycles. The number of nitrogens with zero attached hydrogens (tertiary/aromatic N) is 1. The van der Waals surface area contributed by atoms with Crippen molar-refractivity contribution in [3.8, 4) is 11.5 Å². The maximum atomic E-state index is 13.0. The van der Waals surface area contributed by atoms with Crippen LogP contribution in [0.1, 0.15) is 44.6 Å². The molecule has 0 radical (unpaired) electrons. The second-order valence-corrected chi connectivity index (χ2v) is 7.29. The maximum absolute atomic E-state index is 13.0. The third-order valence-electron chi connectivity index (χ3n) is 5.22. The Labute approximate surface area is 180 Å². The number of rotatable bonds is 7. The number of amides is 4. The Balaban J connectivity index is 1.86. The summed E-state index contributed by atoms with van der Waals surface area (Å²) in [6.07, 6.45) is 5.86. The number of ether oxygens (including phenoxy) is 3. The Morgan fingerprint density at radius 1 is 1.13 bits per heavy atom. The predicted octanol–water partition coefficient (Wildman–Crippen LogP) is 2.43. The van der Waals surface area contributed by atoms with Crippen molar-refractivity contribution in [3.63, 3.8) is 0 Å². The fraction of sp³-hybridized carbons (Fsp3) is 0.455. The molecule has 0 aromatic heterocycles. The van der Waals surface area contributed by atoms with E-state index in [1.807, 2.05) is 0 Å². The van der Waals surface area contributed by atoms with Gasteiger partial charge in [-0.05, 0) is 43.5 Å². The van der Waals surface area contributed by atoms with Gasteiger partial charge in [-0.1, -0.05) is 25.3 Å². The van der Waals surface area contributed by atoms with E-state index in [2.05, 4.69) is 10.1 Å². The van der Waals surface area contributed by atoms with Crippen LogP contribution < -0.4 is 14.8 Å². The van der Waals surface area contributed by atoms with Crippen molar-refractivity contribution in [1.82, 2.24) is 10.2 Å². The van der Waals surface area contributed by atoms with Gasteiger partial charge in [0.2, 0.25) is 0 Å². The van der Waals surface area contributed by atoms with Gasteiger partial charge < -0.3 is 14.2 Å². The molecule has 4 amide bonds. The molecule has 1 N–H and O–H groups in total. The molecule has 1 aliphatic heterocycles. The van der Waals surface area contributed by atoms with Gasteiger partial charge in [0, 0.05) is 6.04 Å². The van der Waals surface area contributed by atoms with E-state index >= 15 is 0 Å². The van der Waals surface area contributed by atoms with Crippen molar-refractivity contribution < 1.29 is 33.4 Å². The van der Waals surface area contributed by atoms with Gasteiger partial charge >= 0.3 is 12.0 Å². The van der Waals surface area contributed by atoms with Crippen molar-refractivity contribution in [3.05, 3.63) is 29.3 Å². The standard InChI is InChI=1S/C22H26N2O7/c1-3-30-18-12-14(9-10-17(18)31-13-19(25)29-2)11-16-20(26)23-22(28)24(21(16)27)15-7-5-4-6-8-15/h9-12,15H,3-8,13H2,1-2H3,(H,23,26,28). The van der Waals surface area contributed by atoms with Crippen LogP contribution in [0, 0.1) is 0 Å². The molecule has 9 nitrogen and oxygen atoms in total. The van der Waals surface area contributed by atoms with Crippen LogP contribution in [0.3, 0.4) is 0 Å². The van der Waals surface area contributed by atoms with Crippen LogP contribution >= 0.6 is 0 Å². The lowest BCUT2D eigenvalue weighted by molar-refractivity contribution is -0.143. The third-order valence-corrected chi connectivity index (χ3v) is 5.22. The zero-order valence-corrected chi connectivity index (χ0v) is 17.6. The van der Waals surface area contributed by atoms with Crippen LogP contribution in [-0.4, -0.2) is 55.1 Å². The van der Waals surface area contributed by atoms with Crippen LogP contribution in [0.2, 0.25) is 0 Å². The number of urea groups is 1. The van der Waals surface area contributed by atoms with Crippen LogP contribution in [0.5, 0.6) is 11.5 Å². The highest BCUT2D eigenvalue weighted by Gasteiger charge is 2.40. The smallest absolute Gasteiger partial charge is 0.343 e. The number of imide groups is 2. The summed E-state index contributed by atoms with van der Waals surface area (Å²) in [6, 6.07) is 3.94. The van der Waals surface area contributed by atoms with E-state index < -0.39 is 23.8 Å². The topological polar surface area (TPSA) is 111 Å². The third kappa shape index (κ3) is 5.22. The number of benzene rings is 1. The van der Waals surface area contributed by atoms with E-state index in [0.29, 0.717) is 23.7 Å². The van der Waals surface area contributed by atoms with E-state index in [4.69, 9.17) is 9.47 Å². The molecule has 1 aliphatic carbocycles. The number of carbonyl (C=O) groups is 4. The Morgan fingerprint density at radius 3 is 2.55 bits per heavy atom. The average Bonchev–Trinajstić information content (AvgIpc) is 2.76. The molecular weight excluding hydrogens is 404 g/mol. The minimum Gasteiger partial charge on any atom is -0.490 e. The lowest BCUT2D eigenvalue weighted by atomic mass is 9.93. The summed E-state index contributed by atoms with van der Waals surface area (Å²) in [4.78, 5) is 50.2. The van der Waals surface area contributed by atoms with Gasteiger partial charge in [0.1, 0.15) is 5.57 Å². The Morgan fingerprint density at radius 2 is 1.87 bits per heavy atom. The van der Waals surface area contributed by atoms with E-state index in [-0.39, 0.29) is 18.2 Å². The summed E-state index contributed by atoms with van der Waals surface area (Å²) in [7, 11) is 1.26. The van der Waals surface area contributed by atoms with Crippen molar-refractivity contribution in [1.29, 1.82) is 0 Å². The molecule has 31 heavy (non-hydrogen) atoms. The Bertz CT molecular complexity index is 903. The van der Waals surface area contributed by atoms with Gasteiger partial charge in [0.05, 0.1) is 13.7 Å². The largest absolute Gasteiger partial charge is 0.490 e. The molecule has 1 aromatic carbocycles. The van der Waals surface area contributed by atoms with E-state index in [1.54, 1.807) is 25.1 Å². The number of methoxy groups -OCH3 is 1. The van der Waals surface area contributed by atoms with Gasteiger partial charge in [0.15, 0.2) is 18.1 Å². The number of hydrogen-bond acceptors (Lipinski definition) is 7. The highest BCUT2D eigenvalue weighted by molar-refractivity contribution is 6.31. The zero-order chi connectivity index (χ0) is 22.4. The monoisotopic (exact) mass is 430 g/mol. The zero-order valence-electron chi connectivity index (χ0n) is 17.6. The lowest BCUT2D eigenvalue weighted by Crippen LogP contribution is -2.58. The molecule has 166 valence electrons. The number of esters is 1. The van der Waals surface area contributed by atoms with Crippen LogP contribution in [0.4, 0.5) is 4.79 Å². The molecule has 3 rings (SSSR count). The second kappa shape index (κ2) is 10.1. The SMILES string of the molecule is CCOc1cc(C=C2C(=O)NC(=O)N(C3CCCCC3)C2=O)ccc1OCC(=O)OC. The van der Waals surface area contributed by atoms with Crippen molar-refractivity contribution in [2.45, 2.75) is 45.1 Å². The normalized spacial score (nSPS) is 18.7. The number of hydrogen-bond donors (Lipinski definition) is 1. The molecule has 9 heteroatoms. The number of nitrogens with one attached hydrogen (secondary N) is 1. The van der Waals surface area contributed by atoms with E-state index in [1.165, 1.54) is 18.1 Å². The summed E-state index contributed by atoms with van der Waals surface area (Å²) in [6.45, 7) is 1.86. The lowest BCUT2D eigenvalue weighted by Gasteiger charge is -2.35. The summed E-state index contributed by atoms with van der Waals surface area (Å²) in [5.74, 6) is -1.18. The van der Waals surface area contributed by atoms with Gasteiger partial charge in [-0.15, -0.1) is 0 Å². The van der Waals surface area contributed by atoms with Gasteiger partial charge in [-0.2, -0.15) is 0 Å². The molecule has 2 aliphatic rings. The first kappa shape index (κ1) is 22.3. The fourth-order valence-corrected chi connectivity index (χ4v) is 3.71. The van der Waals surface area contributed by atoms with Crippen molar-refractivity contribution in [2.24, 2.45) is 0 Å². The minimum absolute atomic E-state index is 0.115. The molecule has 2 fully saturated rings. The molecule has 1 heterocycles. The maximum Gasteiger partial charge on any atom is 0.343 e. The number of barbiturate groups is 1. The van der Waals surface area contributed by atoms with Gasteiger partial charge in [-0.3, -0.25) is 19.8 Å². The Hall–Kier alpha value is -3.36. The highest BCUT2D eigenvalue weighted by atomic mass is 16.6. The molecule has 0 unspecified atom stereocenters. The molecule has 0 atom stereocenters. The van der Waals surface area contributed by atoms with E-state index in [9.17, 15) is 19.2 Å². The highest BCUT2D eigenvalue weighted by Crippen LogP contribution is 2.31. The molecule has 1 aromatic rings. The fourth-order valence-electron chi connectivity index (χ4n) is 3.71. The van der Waals surface area contributed by atoms with Gasteiger partial charge in [-0.25, -0.2) is 9.59 Å². The van der Waals surface area contributed by atoms with E-state index in [0.717, 1.165) is 32.1 Å². The predicted molar refractivity (Wildman–Crippen MR) is 110 cm³/mol. The first-order valence-electron chi connectivity index (χ1n) is 10.3. The molecular formula is C22H26N2O7. The van der Waals surface area contributed by atoms with Gasteiger partial charge in [0.25, 0.3) is 11.8 Å². The number of carbonyl (C=O) groups excluding carboxylic acids is 4. The average molecular weight is 430 g/mol. The quantitative estimate of drug-likeness (QED) is 0.402. The van der Waals surface area contributed by atoms with Crippen molar-refractivity contribution in [2.75, 3.05) is 20.3 Å². The van der Waals surface area contributed by atoms with Crippen LogP contribution in [-0.2, 0) is 19.1 Å². The Kier molecular flexibility index (Phi) is 7.28. The molecule has 1 saturated carbocycles. The molecule has 0 bridgehead atoms. The summed E-state index contributed by atoms with van der Waals surface area (Å²) >= 11 is 0. The first-order valence-corrected chi connectivity index (χ1v) is 10.3.